The van der Waals surface area contributed by atoms with Crippen molar-refractivity contribution in [3.63, 3.8) is 0 Å². The fourth-order valence-electron chi connectivity index (χ4n) is 8.60. The maximum Gasteiger partial charge on any atom is 2.00 e. The Bertz CT molecular complexity index is 3380. The van der Waals surface area contributed by atoms with E-state index >= 15 is 0 Å². The third-order valence-electron chi connectivity index (χ3n) is 12.8. The Kier molecular flexibility index (Phi) is 30.3. The zero-order valence-corrected chi connectivity index (χ0v) is 49.2. The topological polar surface area (TPSA) is 162 Å². The SMILES string of the molecule is CC(=O)Cc1ccc2ccccc2c1.CC(Cc1ccc2ccccc2c1)NCC(O)c1ccccc1.CON(C)C(=O)Cc1ccc2ccccc2c1.NCC(O)c1ccccc1.O=C(O)Cc1ccc2ccccc2c1.[CH3-].[Cl-].[Mg+2]. The summed E-state index contributed by atoms with van der Waals surface area (Å²) in [5.74, 6) is -0.636. The molecule has 0 fully saturated rings. The molecule has 0 aliphatic heterocycles. The minimum Gasteiger partial charge on any atom is -1.00 e. The van der Waals surface area contributed by atoms with Crippen LogP contribution in [0.4, 0.5) is 0 Å². The van der Waals surface area contributed by atoms with Crippen molar-refractivity contribution >= 4 is 83.8 Å². The number of carbonyl (C=O) groups excluding carboxylic acids is 2. The summed E-state index contributed by atoms with van der Waals surface area (Å²) in [6, 6.07) is 76.7. The number of hydroxylamine groups is 2. The molecule has 10 aromatic rings. The Balaban J connectivity index is 0.000000270. The number of carboxylic acid groups (broad SMARTS) is 1. The first-order valence-electron chi connectivity index (χ1n) is 26.1. The molecule has 10 aromatic carbocycles. The maximum absolute atomic E-state index is 11.7. The predicted molar refractivity (Wildman–Crippen MR) is 330 cm³/mol. The fraction of sp³-hybridized carbons (Fsp3) is 0.188. The molecule has 81 heavy (non-hydrogen) atoms. The van der Waals surface area contributed by atoms with Crippen molar-refractivity contribution in [1.29, 1.82) is 0 Å². The van der Waals surface area contributed by atoms with Gasteiger partial charge in [0.2, 0.25) is 5.91 Å². The Morgan fingerprint density at radius 3 is 1.21 bits per heavy atom. The van der Waals surface area contributed by atoms with Crippen LogP contribution in [0, 0.1) is 7.43 Å². The van der Waals surface area contributed by atoms with Crippen LogP contribution in [0.25, 0.3) is 43.1 Å². The monoisotopic (exact) mass is 1120 g/mol. The largest absolute Gasteiger partial charge is 2.00 e. The summed E-state index contributed by atoms with van der Waals surface area (Å²) in [5.41, 5.74) is 11.3. The van der Waals surface area contributed by atoms with E-state index < -0.39 is 18.2 Å². The van der Waals surface area contributed by atoms with E-state index in [2.05, 4.69) is 85.0 Å². The number of aliphatic hydroxyl groups is 2. The molecule has 3 atom stereocenters. The smallest absolute Gasteiger partial charge is 1.00 e. The van der Waals surface area contributed by atoms with Gasteiger partial charge in [-0.3, -0.25) is 19.2 Å². The third kappa shape index (κ3) is 23.0. The maximum atomic E-state index is 11.7. The van der Waals surface area contributed by atoms with E-state index in [1.807, 2.05) is 158 Å². The van der Waals surface area contributed by atoms with Gasteiger partial charge in [0.15, 0.2) is 0 Å². The van der Waals surface area contributed by atoms with Crippen molar-refractivity contribution in [2.75, 3.05) is 27.2 Å². The van der Waals surface area contributed by atoms with Crippen LogP contribution < -0.4 is 23.5 Å². The number of nitrogens with one attached hydrogen (secondary N) is 1. The van der Waals surface area contributed by atoms with Gasteiger partial charge in [0, 0.05) is 32.6 Å². The number of benzene rings is 10. The number of carboxylic acids is 1. The summed E-state index contributed by atoms with van der Waals surface area (Å²) in [6.45, 7) is 4.63. The van der Waals surface area contributed by atoms with Gasteiger partial charge in [0.05, 0.1) is 32.2 Å². The molecule has 0 heterocycles. The van der Waals surface area contributed by atoms with Crippen molar-refractivity contribution in [3.05, 3.63) is 271 Å². The quantitative estimate of drug-likeness (QED) is 0.0382. The standard InChI is InChI=1S/C21H23NO.C14H15NO2.C13H12O.C12H10O2.C8H11NO.CH3.ClH.Mg/c1-16(22-15-21(23)19-8-3-2-4-9-19)13-17-11-12-18-7-5-6-10-20(18)14-17;1-15(17-2)14(16)10-11-7-8-12-5-3-4-6-13(12)9-11;1-10(14)8-11-6-7-12-4-2-3-5-13(12)9-11;13-12(14)8-9-5-6-10-3-1-2-4-11(10)7-9;9-6-8(10)7-4-2-1-3-5-7;;;/h2-12,14,16,21-23H,13,15H2,1H3;3-9H,10H2,1-2H3;2-7,9H,8H2,1H3;1-7H,8H2,(H,13,14);1-5,8,10H,6,9H2;1H3;1H;/q;;;;;-1;;+2/p-1. The number of amides is 1. The van der Waals surface area contributed by atoms with Gasteiger partial charge in [-0.15, -0.1) is 0 Å². The van der Waals surface area contributed by atoms with Crippen LogP contribution in [0.2, 0.25) is 0 Å². The number of aliphatic carboxylic acids is 1. The van der Waals surface area contributed by atoms with Crippen LogP contribution in [0.5, 0.6) is 0 Å². The van der Waals surface area contributed by atoms with Crippen LogP contribution in [0.3, 0.4) is 0 Å². The van der Waals surface area contributed by atoms with Gasteiger partial charge in [-0.05, 0) is 96.7 Å². The van der Waals surface area contributed by atoms with Gasteiger partial charge in [0.1, 0.15) is 5.78 Å². The molecule has 0 aromatic heterocycles. The normalized spacial score (nSPS) is 11.3. The molecule has 0 aliphatic carbocycles. The fourth-order valence-corrected chi connectivity index (χ4v) is 8.60. The van der Waals surface area contributed by atoms with Gasteiger partial charge in [-0.1, -0.05) is 231 Å². The number of nitrogens with zero attached hydrogens (tertiary/aromatic N) is 1. The van der Waals surface area contributed by atoms with Crippen molar-refractivity contribution in [3.8, 4) is 0 Å². The predicted octanol–water partition coefficient (Wildman–Crippen LogP) is 9.69. The van der Waals surface area contributed by atoms with E-state index in [1.165, 1.54) is 44.7 Å². The van der Waals surface area contributed by atoms with Crippen LogP contribution >= 0.6 is 0 Å². The third-order valence-corrected chi connectivity index (χ3v) is 12.8. The number of ketones is 1. The summed E-state index contributed by atoms with van der Waals surface area (Å²) in [6.07, 6.45) is 0.952. The molecule has 0 saturated carbocycles. The first-order valence-corrected chi connectivity index (χ1v) is 26.1. The first kappa shape index (κ1) is 68.0. The Morgan fingerprint density at radius 2 is 0.840 bits per heavy atom. The van der Waals surface area contributed by atoms with E-state index in [0.29, 0.717) is 25.4 Å². The van der Waals surface area contributed by atoms with E-state index in [1.54, 1.807) is 14.0 Å². The Morgan fingerprint density at radius 1 is 0.506 bits per heavy atom. The molecule has 3 unspecified atom stereocenters. The molecule has 0 aliphatic rings. The number of aliphatic hydroxyl groups excluding tert-OH is 2. The number of fused-ring (bicyclic) bond motifs is 4. The number of hydrogen-bond acceptors (Lipinski definition) is 8. The zero-order valence-electron chi connectivity index (χ0n) is 47.0. The number of Topliss-reactive ketones (excluding diaryl/α,β-unsaturated/α-hetero) is 1. The molecule has 0 saturated heterocycles. The van der Waals surface area contributed by atoms with Gasteiger partial charge < -0.3 is 46.2 Å². The van der Waals surface area contributed by atoms with Crippen LogP contribution in [-0.2, 0) is 44.9 Å². The number of likely N-dealkylation sites (N-methyl/N-ethyl adjacent to an activating group) is 1. The average molecular weight is 1120 g/mol. The second-order valence-corrected chi connectivity index (χ2v) is 19.0. The van der Waals surface area contributed by atoms with Crippen LogP contribution in [0.1, 0.15) is 59.4 Å². The zero-order chi connectivity index (χ0) is 55.7. The minimum atomic E-state index is -0.791. The average Bonchev–Trinajstić information content (AvgIpc) is 3.48. The number of nitrogens with two attached hydrogens (primary N) is 1. The van der Waals surface area contributed by atoms with E-state index in [4.69, 9.17) is 15.7 Å². The molecule has 10 nitrogen and oxygen atoms in total. The molecular weight excluding hydrogens is 1040 g/mol. The Labute approximate surface area is 500 Å². The first-order chi connectivity index (χ1) is 37.8. The molecule has 12 heteroatoms. The molecular formula is C69H74ClMgN3O7. The summed E-state index contributed by atoms with van der Waals surface area (Å²) >= 11 is 0. The van der Waals surface area contributed by atoms with E-state index in [-0.39, 0.29) is 67.5 Å². The molecule has 416 valence electrons. The molecule has 0 spiro atoms. The van der Waals surface area contributed by atoms with Gasteiger partial charge >= 0.3 is 29.0 Å². The summed E-state index contributed by atoms with van der Waals surface area (Å²) in [4.78, 5) is 38.0. The number of carbonyl (C=O) groups is 3. The van der Waals surface area contributed by atoms with Crippen molar-refractivity contribution in [2.24, 2.45) is 5.73 Å². The van der Waals surface area contributed by atoms with Crippen LogP contribution in [-0.4, -0.2) is 94.4 Å². The van der Waals surface area contributed by atoms with Crippen molar-refractivity contribution in [1.82, 2.24) is 10.4 Å². The number of hydrogen-bond donors (Lipinski definition) is 5. The second-order valence-electron chi connectivity index (χ2n) is 19.0. The summed E-state index contributed by atoms with van der Waals surface area (Å²) in [5, 5.41) is 42.3. The minimum absolute atomic E-state index is 0. The summed E-state index contributed by atoms with van der Waals surface area (Å²) < 4.78 is 0. The number of halogens is 1. The molecule has 10 rings (SSSR count). The molecule has 6 N–H and O–H groups in total. The molecule has 1 amide bonds. The van der Waals surface area contributed by atoms with Gasteiger partial charge in [-0.25, -0.2) is 5.06 Å². The van der Waals surface area contributed by atoms with Crippen molar-refractivity contribution < 1.29 is 46.9 Å². The summed E-state index contributed by atoms with van der Waals surface area (Å²) in [7, 11) is 3.10. The van der Waals surface area contributed by atoms with Crippen LogP contribution in [0.15, 0.2) is 231 Å². The molecule has 0 radical (unpaired) electrons. The van der Waals surface area contributed by atoms with Gasteiger partial charge in [0.25, 0.3) is 0 Å². The number of rotatable bonds is 15. The van der Waals surface area contributed by atoms with Gasteiger partial charge in [-0.2, -0.15) is 0 Å². The van der Waals surface area contributed by atoms with E-state index in [9.17, 15) is 24.6 Å². The van der Waals surface area contributed by atoms with E-state index in [0.717, 1.165) is 50.4 Å². The Hall–Kier alpha value is -7.29. The van der Waals surface area contributed by atoms with Crippen molar-refractivity contribution in [2.45, 2.75) is 57.8 Å². The second kappa shape index (κ2) is 36.1. The molecule has 0 bridgehead atoms.